The molecule has 1 heterocycles. The topological polar surface area (TPSA) is 89.2 Å². The Morgan fingerprint density at radius 3 is 2.35 bits per heavy atom. The molecule has 6 nitrogen and oxygen atoms in total. The van der Waals surface area contributed by atoms with E-state index >= 15 is 0 Å². The van der Waals surface area contributed by atoms with Gasteiger partial charge in [-0.2, -0.15) is 0 Å². The third-order valence-corrected chi connectivity index (χ3v) is 3.07. The maximum atomic E-state index is 12.3. The molecule has 0 aliphatic rings. The van der Waals surface area contributed by atoms with Crippen molar-refractivity contribution in [2.45, 2.75) is 39.8 Å². The standard InChI is InChI=1S/C14H22N4O2/c1-9(2)13(15)14(20)18(10(3)4)8-12(19)11-7-16-5-6-17-11/h5-7,9-10,13H,8,15H2,1-4H3. The highest BCUT2D eigenvalue weighted by Crippen LogP contribution is 2.08. The van der Waals surface area contributed by atoms with Crippen molar-refractivity contribution in [2.24, 2.45) is 11.7 Å². The van der Waals surface area contributed by atoms with E-state index in [9.17, 15) is 9.59 Å². The Balaban J connectivity index is 2.83. The van der Waals surface area contributed by atoms with E-state index in [1.54, 1.807) is 0 Å². The molecule has 0 saturated carbocycles. The summed E-state index contributed by atoms with van der Waals surface area (Å²) in [5, 5.41) is 0. The normalized spacial score (nSPS) is 12.6. The summed E-state index contributed by atoms with van der Waals surface area (Å²) in [6.45, 7) is 7.44. The lowest BCUT2D eigenvalue weighted by molar-refractivity contribution is -0.134. The van der Waals surface area contributed by atoms with Gasteiger partial charge in [0.2, 0.25) is 11.7 Å². The summed E-state index contributed by atoms with van der Waals surface area (Å²) in [6, 6.07) is -0.708. The first-order valence-electron chi connectivity index (χ1n) is 6.69. The monoisotopic (exact) mass is 278 g/mol. The zero-order valence-electron chi connectivity index (χ0n) is 12.4. The lowest BCUT2D eigenvalue weighted by Gasteiger charge is -2.29. The molecule has 1 atom stereocenters. The van der Waals surface area contributed by atoms with Crippen LogP contribution in [0.1, 0.15) is 38.2 Å². The molecule has 1 aromatic heterocycles. The molecule has 0 fully saturated rings. The van der Waals surface area contributed by atoms with Crippen molar-refractivity contribution in [3.8, 4) is 0 Å². The second-order valence-electron chi connectivity index (χ2n) is 5.34. The number of nitrogens with two attached hydrogens (primary N) is 1. The molecule has 0 aliphatic heterocycles. The highest BCUT2D eigenvalue weighted by Gasteiger charge is 2.27. The predicted molar refractivity (Wildman–Crippen MR) is 76.0 cm³/mol. The first-order valence-corrected chi connectivity index (χ1v) is 6.69. The number of rotatable bonds is 6. The SMILES string of the molecule is CC(C)C(N)C(=O)N(CC(=O)c1cnccn1)C(C)C. The van der Waals surface area contributed by atoms with Crippen molar-refractivity contribution in [2.75, 3.05) is 6.54 Å². The molecule has 0 saturated heterocycles. The number of hydrogen-bond acceptors (Lipinski definition) is 5. The van der Waals surface area contributed by atoms with E-state index in [-0.39, 0.29) is 35.9 Å². The minimum absolute atomic E-state index is 0.0235. The number of carbonyl (C=O) groups excluding carboxylic acids is 2. The first kappa shape index (κ1) is 16.2. The summed E-state index contributed by atoms with van der Waals surface area (Å²) in [5.41, 5.74) is 6.14. The molecule has 0 aliphatic carbocycles. The minimum atomic E-state index is -0.605. The summed E-state index contributed by atoms with van der Waals surface area (Å²) >= 11 is 0. The van der Waals surface area contributed by atoms with Crippen LogP contribution in [-0.2, 0) is 4.79 Å². The number of nitrogens with zero attached hydrogens (tertiary/aromatic N) is 3. The summed E-state index contributed by atoms with van der Waals surface area (Å²) < 4.78 is 0. The number of amides is 1. The third-order valence-electron chi connectivity index (χ3n) is 3.07. The van der Waals surface area contributed by atoms with Gasteiger partial charge in [0, 0.05) is 18.4 Å². The van der Waals surface area contributed by atoms with Crippen LogP contribution >= 0.6 is 0 Å². The van der Waals surface area contributed by atoms with E-state index in [0.29, 0.717) is 0 Å². The van der Waals surface area contributed by atoms with Crippen LogP contribution in [0.4, 0.5) is 0 Å². The molecule has 1 rings (SSSR count). The fourth-order valence-corrected chi connectivity index (χ4v) is 1.67. The second-order valence-corrected chi connectivity index (χ2v) is 5.34. The third kappa shape index (κ3) is 4.09. The lowest BCUT2D eigenvalue weighted by Crippen LogP contribution is -2.50. The van der Waals surface area contributed by atoms with Gasteiger partial charge >= 0.3 is 0 Å². The zero-order chi connectivity index (χ0) is 15.3. The Labute approximate surface area is 119 Å². The Kier molecular flexibility index (Phi) is 5.76. The maximum Gasteiger partial charge on any atom is 0.240 e. The molecule has 20 heavy (non-hydrogen) atoms. The summed E-state index contributed by atoms with van der Waals surface area (Å²) in [4.78, 5) is 33.7. The lowest BCUT2D eigenvalue weighted by atomic mass is 10.0. The summed E-state index contributed by atoms with van der Waals surface area (Å²) in [6.07, 6.45) is 4.35. The Morgan fingerprint density at radius 1 is 1.25 bits per heavy atom. The highest BCUT2D eigenvalue weighted by atomic mass is 16.2. The van der Waals surface area contributed by atoms with E-state index in [1.807, 2.05) is 27.7 Å². The van der Waals surface area contributed by atoms with Crippen LogP contribution in [-0.4, -0.2) is 45.2 Å². The van der Waals surface area contributed by atoms with Crippen LogP contribution in [0.3, 0.4) is 0 Å². The molecule has 1 amide bonds. The van der Waals surface area contributed by atoms with Crippen molar-refractivity contribution >= 4 is 11.7 Å². The van der Waals surface area contributed by atoms with Gasteiger partial charge in [0.25, 0.3) is 0 Å². The van der Waals surface area contributed by atoms with Crippen LogP contribution < -0.4 is 5.73 Å². The number of aromatic nitrogens is 2. The van der Waals surface area contributed by atoms with Crippen molar-refractivity contribution in [1.82, 2.24) is 14.9 Å². The molecular weight excluding hydrogens is 256 g/mol. The molecular formula is C14H22N4O2. The zero-order valence-corrected chi connectivity index (χ0v) is 12.4. The molecule has 2 N–H and O–H groups in total. The predicted octanol–water partition coefficient (Wildman–Crippen LogP) is 0.880. The molecule has 0 bridgehead atoms. The molecule has 0 aromatic carbocycles. The Morgan fingerprint density at radius 2 is 1.90 bits per heavy atom. The van der Waals surface area contributed by atoms with Crippen LogP contribution in [0.25, 0.3) is 0 Å². The highest BCUT2D eigenvalue weighted by molar-refractivity contribution is 5.98. The van der Waals surface area contributed by atoms with Gasteiger partial charge in [-0.05, 0) is 19.8 Å². The number of ketones is 1. The minimum Gasteiger partial charge on any atom is -0.331 e. The van der Waals surface area contributed by atoms with Gasteiger partial charge in [-0.25, -0.2) is 4.98 Å². The number of hydrogen-bond donors (Lipinski definition) is 1. The largest absolute Gasteiger partial charge is 0.331 e. The quantitative estimate of drug-likeness (QED) is 0.780. The molecule has 110 valence electrons. The average Bonchev–Trinajstić information content (AvgIpc) is 2.43. The van der Waals surface area contributed by atoms with Crippen molar-refractivity contribution in [1.29, 1.82) is 0 Å². The van der Waals surface area contributed by atoms with E-state index < -0.39 is 6.04 Å². The fourth-order valence-electron chi connectivity index (χ4n) is 1.67. The van der Waals surface area contributed by atoms with Crippen LogP contribution in [0, 0.1) is 5.92 Å². The number of Topliss-reactive ketones (excluding diaryl/α,β-unsaturated/α-hetero) is 1. The van der Waals surface area contributed by atoms with Gasteiger partial charge in [0.15, 0.2) is 0 Å². The first-order chi connectivity index (χ1) is 9.34. The van der Waals surface area contributed by atoms with E-state index in [4.69, 9.17) is 5.73 Å². The van der Waals surface area contributed by atoms with Gasteiger partial charge in [-0.1, -0.05) is 13.8 Å². The van der Waals surface area contributed by atoms with Gasteiger partial charge in [-0.15, -0.1) is 0 Å². The van der Waals surface area contributed by atoms with Crippen LogP contribution in [0.15, 0.2) is 18.6 Å². The van der Waals surface area contributed by atoms with E-state index in [0.717, 1.165) is 0 Å². The molecule has 0 spiro atoms. The summed E-state index contributed by atoms with van der Waals surface area (Å²) in [5.74, 6) is -0.432. The van der Waals surface area contributed by atoms with Gasteiger partial charge in [-0.3, -0.25) is 14.6 Å². The van der Waals surface area contributed by atoms with Crippen molar-refractivity contribution in [3.05, 3.63) is 24.3 Å². The molecule has 6 heteroatoms. The van der Waals surface area contributed by atoms with Crippen LogP contribution in [0.5, 0.6) is 0 Å². The van der Waals surface area contributed by atoms with Gasteiger partial charge in [0.05, 0.1) is 18.8 Å². The van der Waals surface area contributed by atoms with Crippen LogP contribution in [0.2, 0.25) is 0 Å². The number of carbonyl (C=O) groups is 2. The fraction of sp³-hybridized carbons (Fsp3) is 0.571. The molecule has 0 radical (unpaired) electrons. The summed E-state index contributed by atoms with van der Waals surface area (Å²) in [7, 11) is 0. The maximum absolute atomic E-state index is 12.3. The van der Waals surface area contributed by atoms with E-state index in [1.165, 1.54) is 23.5 Å². The van der Waals surface area contributed by atoms with Crippen molar-refractivity contribution < 1.29 is 9.59 Å². The van der Waals surface area contributed by atoms with E-state index in [2.05, 4.69) is 9.97 Å². The van der Waals surface area contributed by atoms with Gasteiger partial charge < -0.3 is 10.6 Å². The Hall–Kier alpha value is -1.82. The molecule has 1 unspecified atom stereocenters. The smallest absolute Gasteiger partial charge is 0.240 e. The second kappa shape index (κ2) is 7.09. The Bertz CT molecular complexity index is 460. The molecule has 1 aromatic rings. The van der Waals surface area contributed by atoms with Gasteiger partial charge in [0.1, 0.15) is 5.69 Å². The van der Waals surface area contributed by atoms with Crippen molar-refractivity contribution in [3.63, 3.8) is 0 Å². The average molecular weight is 278 g/mol.